The molecule has 0 heterocycles. The minimum atomic E-state index is -1.36. The maximum Gasteiger partial charge on any atom is 0.302 e. The van der Waals surface area contributed by atoms with Crippen LogP contribution in [-0.2, 0) is 19.1 Å². The fourth-order valence-corrected chi connectivity index (χ4v) is 7.96. The fourth-order valence-electron chi connectivity index (χ4n) is 7.96. The van der Waals surface area contributed by atoms with E-state index in [0.717, 1.165) is 38.5 Å². The van der Waals surface area contributed by atoms with Crippen LogP contribution in [0.4, 0.5) is 0 Å². The summed E-state index contributed by atoms with van der Waals surface area (Å²) in [6.07, 6.45) is 6.19. The number of carbonyl (C=O) groups excluding carboxylic acids is 3. The number of hydrogen-bond donors (Lipinski definition) is 1. The summed E-state index contributed by atoms with van der Waals surface area (Å²) in [5.74, 6) is 0.722. The molecule has 0 aromatic carbocycles. The highest BCUT2D eigenvalue weighted by molar-refractivity contribution is 5.90. The Morgan fingerprint density at radius 2 is 1.79 bits per heavy atom. The Bertz CT molecular complexity index is 716. The molecule has 0 aromatic heterocycles. The van der Waals surface area contributed by atoms with Gasteiger partial charge in [0, 0.05) is 24.7 Å². The van der Waals surface area contributed by atoms with Crippen molar-refractivity contribution in [2.24, 2.45) is 34.5 Å². The van der Waals surface area contributed by atoms with Crippen molar-refractivity contribution < 1.29 is 24.2 Å². The first-order valence-corrected chi connectivity index (χ1v) is 11.0. The van der Waals surface area contributed by atoms with Crippen molar-refractivity contribution in [3.63, 3.8) is 0 Å². The van der Waals surface area contributed by atoms with E-state index in [1.165, 1.54) is 13.8 Å². The van der Waals surface area contributed by atoms with E-state index in [4.69, 9.17) is 4.74 Å². The molecule has 0 spiro atoms. The first-order valence-electron chi connectivity index (χ1n) is 11.0. The van der Waals surface area contributed by atoms with E-state index in [1.807, 2.05) is 6.92 Å². The van der Waals surface area contributed by atoms with Crippen molar-refractivity contribution >= 4 is 17.5 Å². The molecule has 156 valence electrons. The molecule has 0 amide bonds. The maximum atomic E-state index is 13.5. The molecule has 28 heavy (non-hydrogen) atoms. The van der Waals surface area contributed by atoms with Gasteiger partial charge in [-0.25, -0.2) is 0 Å². The summed E-state index contributed by atoms with van der Waals surface area (Å²) >= 11 is 0. The zero-order valence-electron chi connectivity index (χ0n) is 17.6. The molecule has 8 atom stereocenters. The number of ketones is 2. The number of esters is 1. The number of ether oxygens (including phenoxy) is 1. The zero-order chi connectivity index (χ0) is 20.5. The van der Waals surface area contributed by atoms with Gasteiger partial charge < -0.3 is 9.84 Å². The summed E-state index contributed by atoms with van der Waals surface area (Å²) < 4.78 is 5.49. The van der Waals surface area contributed by atoms with E-state index < -0.39 is 11.0 Å². The second-order valence-electron chi connectivity index (χ2n) is 10.5. The van der Waals surface area contributed by atoms with Crippen LogP contribution in [0.3, 0.4) is 0 Å². The van der Waals surface area contributed by atoms with Crippen LogP contribution in [0.1, 0.15) is 79.1 Å². The van der Waals surface area contributed by atoms with E-state index in [2.05, 4.69) is 6.92 Å². The summed E-state index contributed by atoms with van der Waals surface area (Å²) in [5.41, 5.74) is -2.05. The number of Topliss-reactive ketones (excluding diaryl/α,β-unsaturated/α-hetero) is 2. The fraction of sp³-hybridized carbons (Fsp3) is 0.870. The van der Waals surface area contributed by atoms with E-state index >= 15 is 0 Å². The third-order valence-electron chi connectivity index (χ3n) is 9.37. The second-order valence-corrected chi connectivity index (χ2v) is 10.5. The summed E-state index contributed by atoms with van der Waals surface area (Å²) in [4.78, 5) is 37.2. The van der Waals surface area contributed by atoms with Gasteiger partial charge >= 0.3 is 5.97 Å². The van der Waals surface area contributed by atoms with E-state index in [9.17, 15) is 19.5 Å². The second kappa shape index (κ2) is 6.38. The number of aliphatic hydroxyl groups is 1. The smallest absolute Gasteiger partial charge is 0.302 e. The molecule has 0 aliphatic heterocycles. The highest BCUT2D eigenvalue weighted by atomic mass is 16.5. The van der Waals surface area contributed by atoms with Gasteiger partial charge in [-0.3, -0.25) is 14.4 Å². The van der Waals surface area contributed by atoms with Gasteiger partial charge in [-0.1, -0.05) is 13.8 Å². The molecule has 5 heteroatoms. The van der Waals surface area contributed by atoms with Gasteiger partial charge in [0.1, 0.15) is 17.5 Å². The number of rotatable bonds is 2. The third-order valence-corrected chi connectivity index (χ3v) is 9.37. The van der Waals surface area contributed by atoms with Crippen molar-refractivity contribution in [3.8, 4) is 0 Å². The Balaban J connectivity index is 1.63. The molecule has 0 aromatic rings. The Labute approximate surface area is 167 Å². The lowest BCUT2D eigenvalue weighted by atomic mass is 9.44. The molecular weight excluding hydrogens is 356 g/mol. The van der Waals surface area contributed by atoms with Gasteiger partial charge in [-0.05, 0) is 75.0 Å². The summed E-state index contributed by atoms with van der Waals surface area (Å²) in [6.45, 7) is 7.18. The van der Waals surface area contributed by atoms with Crippen molar-refractivity contribution in [1.29, 1.82) is 0 Å². The van der Waals surface area contributed by atoms with Gasteiger partial charge in [0.2, 0.25) is 0 Å². The van der Waals surface area contributed by atoms with Gasteiger partial charge in [0.05, 0.1) is 0 Å². The van der Waals surface area contributed by atoms with Gasteiger partial charge in [0.15, 0.2) is 5.78 Å². The average Bonchev–Trinajstić information content (AvgIpc) is 2.86. The number of hydrogen-bond acceptors (Lipinski definition) is 5. The first kappa shape index (κ1) is 20.1. The van der Waals surface area contributed by atoms with Gasteiger partial charge in [-0.15, -0.1) is 0 Å². The van der Waals surface area contributed by atoms with E-state index in [1.54, 1.807) is 0 Å². The summed E-state index contributed by atoms with van der Waals surface area (Å²) in [7, 11) is 0. The number of carbonyl (C=O) groups is 3. The lowest BCUT2D eigenvalue weighted by Gasteiger charge is -2.60. The Morgan fingerprint density at radius 3 is 2.43 bits per heavy atom. The highest BCUT2D eigenvalue weighted by Gasteiger charge is 2.68. The van der Waals surface area contributed by atoms with Crippen molar-refractivity contribution in [2.45, 2.75) is 90.8 Å². The van der Waals surface area contributed by atoms with Crippen LogP contribution < -0.4 is 0 Å². The van der Waals surface area contributed by atoms with E-state index in [-0.39, 0.29) is 46.8 Å². The maximum absolute atomic E-state index is 13.5. The predicted molar refractivity (Wildman–Crippen MR) is 103 cm³/mol. The van der Waals surface area contributed by atoms with Gasteiger partial charge in [-0.2, -0.15) is 0 Å². The minimum Gasteiger partial charge on any atom is -0.463 e. The van der Waals surface area contributed by atoms with Crippen molar-refractivity contribution in [3.05, 3.63) is 0 Å². The summed E-state index contributed by atoms with van der Waals surface area (Å²) in [6, 6.07) is 0. The Morgan fingerprint density at radius 1 is 1.07 bits per heavy atom. The normalized spacial score (nSPS) is 50.3. The molecular formula is C23H34O5. The molecule has 4 fully saturated rings. The average molecular weight is 391 g/mol. The molecule has 1 N–H and O–H groups in total. The molecule has 4 saturated carbocycles. The largest absolute Gasteiger partial charge is 0.463 e. The topological polar surface area (TPSA) is 80.7 Å². The third kappa shape index (κ3) is 2.57. The quantitative estimate of drug-likeness (QED) is 0.730. The molecule has 1 unspecified atom stereocenters. The molecule has 4 aliphatic carbocycles. The standard InChI is InChI=1S/C23H34O5/c1-13(24)23(27)10-8-18-17-6-5-15-11-16(28-14(2)25)7-9-21(15,3)20(17)19(26)12-22(18,23)4/h15-18,20,27H,5-12H2,1-4H3/t15?,16-,17+,18+,20-,21+,22+,23+/m1/s1. The van der Waals surface area contributed by atoms with Crippen LogP contribution in [0, 0.1) is 34.5 Å². The molecule has 4 aliphatic rings. The van der Waals surface area contributed by atoms with Crippen LogP contribution in [0.5, 0.6) is 0 Å². The zero-order valence-corrected chi connectivity index (χ0v) is 17.6. The SMILES string of the molecule is CC(=O)O[C@@H]1CC[C@@]2(C)C(CC[C@@H]3[C@@H]2C(=O)C[C@@]2(C)[C@H]3CC[C@]2(O)C(C)=O)C1. The van der Waals surface area contributed by atoms with Crippen molar-refractivity contribution in [2.75, 3.05) is 0 Å². The molecule has 0 radical (unpaired) electrons. The molecule has 0 saturated heterocycles. The van der Waals surface area contributed by atoms with E-state index in [0.29, 0.717) is 18.8 Å². The van der Waals surface area contributed by atoms with Crippen LogP contribution in [0.25, 0.3) is 0 Å². The van der Waals surface area contributed by atoms with Gasteiger partial charge in [0.25, 0.3) is 0 Å². The molecule has 4 rings (SSSR count). The highest BCUT2D eigenvalue weighted by Crippen LogP contribution is 2.67. The summed E-state index contributed by atoms with van der Waals surface area (Å²) in [5, 5.41) is 11.2. The Hall–Kier alpha value is -1.23. The lowest BCUT2D eigenvalue weighted by molar-refractivity contribution is -0.181. The molecule has 0 bridgehead atoms. The van der Waals surface area contributed by atoms with Crippen LogP contribution >= 0.6 is 0 Å². The minimum absolute atomic E-state index is 0.0110. The first-order chi connectivity index (χ1) is 13.0. The predicted octanol–water partition coefficient (Wildman–Crippen LogP) is 3.46. The van der Waals surface area contributed by atoms with Crippen LogP contribution in [-0.4, -0.2) is 34.3 Å². The Kier molecular flexibility index (Phi) is 4.57. The van der Waals surface area contributed by atoms with Crippen molar-refractivity contribution in [1.82, 2.24) is 0 Å². The molecule has 5 nitrogen and oxygen atoms in total. The van der Waals surface area contributed by atoms with Crippen LogP contribution in [0.15, 0.2) is 0 Å². The van der Waals surface area contributed by atoms with Crippen LogP contribution in [0.2, 0.25) is 0 Å². The lowest BCUT2D eigenvalue weighted by Crippen LogP contribution is -2.61. The monoisotopic (exact) mass is 390 g/mol. The number of fused-ring (bicyclic) bond motifs is 5.